The summed E-state index contributed by atoms with van der Waals surface area (Å²) >= 11 is 0. The van der Waals surface area contributed by atoms with E-state index in [1.54, 1.807) is 23.9 Å². The summed E-state index contributed by atoms with van der Waals surface area (Å²) in [7, 11) is 3.33. The number of nitrogen functional groups attached to an aromatic ring is 1. The van der Waals surface area contributed by atoms with E-state index in [1.165, 1.54) is 0 Å². The lowest BCUT2D eigenvalue weighted by Crippen LogP contribution is -2.32. The van der Waals surface area contributed by atoms with Gasteiger partial charge in [0, 0.05) is 7.05 Å². The van der Waals surface area contributed by atoms with E-state index in [9.17, 15) is 5.11 Å². The molecule has 0 amide bonds. The lowest BCUT2D eigenvalue weighted by Gasteiger charge is -2.18. The maximum absolute atomic E-state index is 9.81. The van der Waals surface area contributed by atoms with Crippen molar-refractivity contribution in [2.75, 3.05) is 26.4 Å². The Morgan fingerprint density at radius 2 is 2.19 bits per heavy atom. The van der Waals surface area contributed by atoms with E-state index in [4.69, 9.17) is 10.6 Å². The zero-order valence-corrected chi connectivity index (χ0v) is 10.3. The largest absolute Gasteiger partial charge is 0.396 e. The average Bonchev–Trinajstić information content (AvgIpc) is 2.46. The number of nitrogens with zero attached hydrogens (tertiary/aromatic N) is 3. The standard InChI is InChI=1S/C10H20N4O2/c1-7-10(11)8(2)14(12-7)6-9(15)5-13(3)16-4/h9,15H,5-6,11H2,1-4H3. The summed E-state index contributed by atoms with van der Waals surface area (Å²) in [4.78, 5) is 4.94. The Kier molecular flexibility index (Phi) is 4.28. The first-order chi connectivity index (χ1) is 7.45. The summed E-state index contributed by atoms with van der Waals surface area (Å²) in [5, 5.41) is 15.6. The highest BCUT2D eigenvalue weighted by atomic mass is 16.7. The van der Waals surface area contributed by atoms with E-state index in [0.29, 0.717) is 18.8 Å². The van der Waals surface area contributed by atoms with E-state index in [0.717, 1.165) is 11.4 Å². The molecule has 1 atom stereocenters. The minimum atomic E-state index is -0.539. The average molecular weight is 228 g/mol. The Morgan fingerprint density at radius 3 is 2.62 bits per heavy atom. The second kappa shape index (κ2) is 5.29. The van der Waals surface area contributed by atoms with E-state index < -0.39 is 6.10 Å². The van der Waals surface area contributed by atoms with Gasteiger partial charge < -0.3 is 15.7 Å². The van der Waals surface area contributed by atoms with Crippen LogP contribution in [0.5, 0.6) is 0 Å². The number of hydrogen-bond donors (Lipinski definition) is 2. The number of hydroxylamine groups is 2. The molecule has 1 heterocycles. The van der Waals surface area contributed by atoms with Crippen LogP contribution in [0, 0.1) is 13.8 Å². The number of aryl methyl sites for hydroxylation is 1. The lowest BCUT2D eigenvalue weighted by molar-refractivity contribution is -0.129. The summed E-state index contributed by atoms with van der Waals surface area (Å²) in [6, 6.07) is 0. The Balaban J connectivity index is 2.62. The number of rotatable bonds is 5. The lowest BCUT2D eigenvalue weighted by atomic mass is 10.3. The third-order valence-electron chi connectivity index (χ3n) is 2.60. The maximum atomic E-state index is 9.81. The van der Waals surface area contributed by atoms with Gasteiger partial charge in [0.2, 0.25) is 0 Å². The smallest absolute Gasteiger partial charge is 0.0886 e. The minimum absolute atomic E-state index is 0.414. The van der Waals surface area contributed by atoms with Crippen LogP contribution in [0.1, 0.15) is 11.4 Å². The minimum Gasteiger partial charge on any atom is -0.396 e. The van der Waals surface area contributed by atoms with Crippen LogP contribution in [0.3, 0.4) is 0 Å². The van der Waals surface area contributed by atoms with Crippen LogP contribution in [-0.4, -0.2) is 46.8 Å². The molecule has 6 heteroatoms. The van der Waals surface area contributed by atoms with Crippen molar-refractivity contribution in [3.63, 3.8) is 0 Å². The Bertz CT molecular complexity index is 351. The molecule has 16 heavy (non-hydrogen) atoms. The van der Waals surface area contributed by atoms with Crippen molar-refractivity contribution in [3.8, 4) is 0 Å². The van der Waals surface area contributed by atoms with Crippen molar-refractivity contribution in [3.05, 3.63) is 11.4 Å². The zero-order chi connectivity index (χ0) is 12.3. The summed E-state index contributed by atoms with van der Waals surface area (Å²) in [5.41, 5.74) is 8.17. The SMILES string of the molecule is CON(C)CC(O)Cn1nc(C)c(N)c1C. The van der Waals surface area contributed by atoms with Gasteiger partial charge in [0.1, 0.15) is 0 Å². The first-order valence-electron chi connectivity index (χ1n) is 5.18. The normalized spacial score (nSPS) is 13.4. The molecule has 92 valence electrons. The summed E-state index contributed by atoms with van der Waals surface area (Å²) in [6.07, 6.45) is -0.539. The fraction of sp³-hybridized carbons (Fsp3) is 0.700. The van der Waals surface area contributed by atoms with Crippen LogP contribution in [0.25, 0.3) is 0 Å². The van der Waals surface area contributed by atoms with Crippen LogP contribution >= 0.6 is 0 Å². The summed E-state index contributed by atoms with van der Waals surface area (Å²) in [6.45, 7) is 4.58. The number of likely N-dealkylation sites (N-methyl/N-ethyl adjacent to an activating group) is 1. The second-order valence-corrected chi connectivity index (χ2v) is 3.91. The molecule has 0 saturated carbocycles. The maximum Gasteiger partial charge on any atom is 0.0886 e. The molecule has 1 unspecified atom stereocenters. The van der Waals surface area contributed by atoms with Crippen molar-refractivity contribution >= 4 is 5.69 Å². The number of aliphatic hydroxyl groups is 1. The highest BCUT2D eigenvalue weighted by molar-refractivity contribution is 5.46. The Hall–Kier alpha value is -1.11. The molecule has 0 bridgehead atoms. The second-order valence-electron chi connectivity index (χ2n) is 3.91. The summed E-state index contributed by atoms with van der Waals surface area (Å²) in [5.74, 6) is 0. The van der Waals surface area contributed by atoms with Gasteiger partial charge in [-0.05, 0) is 13.8 Å². The Morgan fingerprint density at radius 1 is 1.56 bits per heavy atom. The number of hydrogen-bond acceptors (Lipinski definition) is 5. The molecular formula is C10H20N4O2. The van der Waals surface area contributed by atoms with Gasteiger partial charge in [-0.25, -0.2) is 0 Å². The number of aliphatic hydroxyl groups excluding tert-OH is 1. The molecule has 0 aromatic carbocycles. The van der Waals surface area contributed by atoms with E-state index >= 15 is 0 Å². The van der Waals surface area contributed by atoms with E-state index in [1.807, 2.05) is 13.8 Å². The zero-order valence-electron chi connectivity index (χ0n) is 10.3. The molecule has 0 aliphatic carbocycles. The third kappa shape index (κ3) is 2.94. The van der Waals surface area contributed by atoms with Gasteiger partial charge in [0.05, 0.1) is 43.4 Å². The number of aromatic nitrogens is 2. The van der Waals surface area contributed by atoms with Gasteiger partial charge >= 0.3 is 0 Å². The van der Waals surface area contributed by atoms with Gasteiger partial charge in [0.25, 0.3) is 0 Å². The fourth-order valence-corrected chi connectivity index (χ4v) is 1.52. The fourth-order valence-electron chi connectivity index (χ4n) is 1.52. The van der Waals surface area contributed by atoms with Crippen LogP contribution < -0.4 is 5.73 Å². The molecule has 3 N–H and O–H groups in total. The monoisotopic (exact) mass is 228 g/mol. The van der Waals surface area contributed by atoms with Crippen LogP contribution in [0.15, 0.2) is 0 Å². The molecule has 0 aliphatic heterocycles. The number of anilines is 1. The molecule has 6 nitrogen and oxygen atoms in total. The van der Waals surface area contributed by atoms with Gasteiger partial charge in [0.15, 0.2) is 0 Å². The van der Waals surface area contributed by atoms with Crippen molar-refractivity contribution in [2.24, 2.45) is 0 Å². The van der Waals surface area contributed by atoms with Crippen LogP contribution in [0.4, 0.5) is 5.69 Å². The molecule has 0 fully saturated rings. The molecule has 1 aromatic rings. The van der Waals surface area contributed by atoms with Crippen LogP contribution in [-0.2, 0) is 11.4 Å². The highest BCUT2D eigenvalue weighted by Gasteiger charge is 2.13. The number of nitrogens with two attached hydrogens (primary N) is 1. The summed E-state index contributed by atoms with van der Waals surface area (Å²) < 4.78 is 1.72. The molecule has 0 saturated heterocycles. The van der Waals surface area contributed by atoms with Crippen molar-refractivity contribution in [1.29, 1.82) is 0 Å². The van der Waals surface area contributed by atoms with Gasteiger partial charge in [-0.1, -0.05) is 0 Å². The third-order valence-corrected chi connectivity index (χ3v) is 2.60. The molecule has 0 aliphatic rings. The van der Waals surface area contributed by atoms with Gasteiger partial charge in [-0.15, -0.1) is 0 Å². The Labute approximate surface area is 95.6 Å². The van der Waals surface area contributed by atoms with E-state index in [2.05, 4.69) is 5.10 Å². The van der Waals surface area contributed by atoms with Gasteiger partial charge in [-0.3, -0.25) is 4.68 Å². The predicted molar refractivity (Wildman–Crippen MR) is 61.8 cm³/mol. The predicted octanol–water partition coefficient (Wildman–Crippen LogP) is -0.0638. The van der Waals surface area contributed by atoms with E-state index in [-0.39, 0.29) is 0 Å². The molecule has 1 aromatic heterocycles. The molecule has 0 radical (unpaired) electrons. The quantitative estimate of drug-likeness (QED) is 0.690. The first-order valence-corrected chi connectivity index (χ1v) is 5.18. The molecule has 0 spiro atoms. The van der Waals surface area contributed by atoms with Crippen molar-refractivity contribution < 1.29 is 9.94 Å². The first kappa shape index (κ1) is 13.0. The molecule has 1 rings (SSSR count). The molecular weight excluding hydrogens is 208 g/mol. The van der Waals surface area contributed by atoms with Crippen LogP contribution in [0.2, 0.25) is 0 Å². The van der Waals surface area contributed by atoms with Gasteiger partial charge in [-0.2, -0.15) is 10.2 Å². The topological polar surface area (TPSA) is 76.5 Å². The highest BCUT2D eigenvalue weighted by Crippen LogP contribution is 2.14. The van der Waals surface area contributed by atoms with Crippen molar-refractivity contribution in [2.45, 2.75) is 26.5 Å². The van der Waals surface area contributed by atoms with Crippen molar-refractivity contribution in [1.82, 2.24) is 14.8 Å².